The van der Waals surface area contributed by atoms with Gasteiger partial charge in [0.2, 0.25) is 17.7 Å². The first-order valence-corrected chi connectivity index (χ1v) is 9.07. The molecule has 150 valence electrons. The molecule has 0 saturated carbocycles. The number of nitrogens with one attached hydrogen (secondary N) is 3. The first-order valence-electron chi connectivity index (χ1n) is 9.07. The van der Waals surface area contributed by atoms with Gasteiger partial charge in [-0.15, -0.1) is 0 Å². The number of aromatic hydroxyl groups is 1. The molecular weight excluding hydrogens is 348 g/mol. The summed E-state index contributed by atoms with van der Waals surface area (Å²) in [5, 5.41) is 17.0. The van der Waals surface area contributed by atoms with Crippen LogP contribution >= 0.6 is 0 Å². The highest BCUT2D eigenvalue weighted by Gasteiger charge is 2.21. The molecule has 0 spiro atoms. The quantitative estimate of drug-likeness (QED) is 0.365. The van der Waals surface area contributed by atoms with Gasteiger partial charge in [-0.25, -0.2) is 0 Å². The Balaban J connectivity index is 2.36. The Kier molecular flexibility index (Phi) is 9.46. The number of nitrogens with two attached hydrogens (primary N) is 1. The van der Waals surface area contributed by atoms with Crippen LogP contribution in [0, 0.1) is 5.92 Å². The first kappa shape index (κ1) is 22.6. The molecule has 0 radical (unpaired) electrons. The highest BCUT2D eigenvalue weighted by Crippen LogP contribution is 2.10. The SMILES string of the molecule is CC(C)CCNCC(=O)NC(=O)[C@@H](C)NC(=O)[C@@H](N)Cc1ccc(O)cc1. The standard InChI is InChI=1S/C19H30N4O4/c1-12(2)8-9-21-11-17(25)23-18(26)13(3)22-19(27)16(20)10-14-4-6-15(24)7-5-14/h4-7,12-13,16,21,24H,8-11,20H2,1-3H3,(H,22,27)(H,23,25,26)/t13-,16+/m1/s1. The number of imide groups is 1. The van der Waals surface area contributed by atoms with Crippen LogP contribution in [0.5, 0.6) is 5.75 Å². The van der Waals surface area contributed by atoms with Gasteiger partial charge in [-0.2, -0.15) is 0 Å². The molecule has 0 aliphatic rings. The number of phenols is 1. The summed E-state index contributed by atoms with van der Waals surface area (Å²) in [6.07, 6.45) is 1.20. The molecule has 8 heteroatoms. The molecule has 0 aliphatic carbocycles. The summed E-state index contributed by atoms with van der Waals surface area (Å²) in [6.45, 7) is 6.39. The van der Waals surface area contributed by atoms with Crippen LogP contribution in [0.4, 0.5) is 0 Å². The van der Waals surface area contributed by atoms with Crippen molar-refractivity contribution >= 4 is 17.7 Å². The van der Waals surface area contributed by atoms with Gasteiger partial charge in [-0.3, -0.25) is 19.7 Å². The minimum absolute atomic E-state index is 0.0412. The fourth-order valence-electron chi connectivity index (χ4n) is 2.25. The van der Waals surface area contributed by atoms with Crippen molar-refractivity contribution in [2.45, 2.75) is 45.7 Å². The second-order valence-electron chi connectivity index (χ2n) is 6.98. The maximum Gasteiger partial charge on any atom is 0.248 e. The maximum atomic E-state index is 12.1. The van der Waals surface area contributed by atoms with E-state index < -0.39 is 29.8 Å². The average Bonchev–Trinajstić information content (AvgIpc) is 2.60. The number of hydrogen-bond acceptors (Lipinski definition) is 6. The van der Waals surface area contributed by atoms with Crippen LogP contribution in [0.3, 0.4) is 0 Å². The van der Waals surface area contributed by atoms with Crippen molar-refractivity contribution in [3.8, 4) is 5.75 Å². The van der Waals surface area contributed by atoms with Crippen LogP contribution < -0.4 is 21.7 Å². The summed E-state index contributed by atoms with van der Waals surface area (Å²) >= 11 is 0. The molecule has 6 N–H and O–H groups in total. The maximum absolute atomic E-state index is 12.1. The first-order chi connectivity index (χ1) is 12.7. The van der Waals surface area contributed by atoms with E-state index in [-0.39, 0.29) is 18.7 Å². The van der Waals surface area contributed by atoms with E-state index in [1.807, 2.05) is 0 Å². The van der Waals surface area contributed by atoms with Gasteiger partial charge in [0, 0.05) is 0 Å². The number of carbonyl (C=O) groups is 3. The predicted octanol–water partition coefficient (Wildman–Crippen LogP) is 0.0452. The Hall–Kier alpha value is -2.45. The van der Waals surface area contributed by atoms with Crippen LogP contribution in [0.2, 0.25) is 0 Å². The molecule has 8 nitrogen and oxygen atoms in total. The summed E-state index contributed by atoms with van der Waals surface area (Å²) in [4.78, 5) is 35.9. The third-order valence-corrected chi connectivity index (χ3v) is 3.93. The zero-order chi connectivity index (χ0) is 20.4. The Morgan fingerprint density at radius 3 is 2.30 bits per heavy atom. The van der Waals surface area contributed by atoms with E-state index in [0.29, 0.717) is 12.5 Å². The van der Waals surface area contributed by atoms with Gasteiger partial charge in [0.15, 0.2) is 0 Å². The van der Waals surface area contributed by atoms with Gasteiger partial charge in [0.25, 0.3) is 0 Å². The number of carbonyl (C=O) groups excluding carboxylic acids is 3. The lowest BCUT2D eigenvalue weighted by Crippen LogP contribution is -2.52. The number of phenolic OH excluding ortho intramolecular Hbond substituents is 1. The molecule has 1 aromatic rings. The Morgan fingerprint density at radius 1 is 1.07 bits per heavy atom. The molecule has 2 atom stereocenters. The molecule has 0 bridgehead atoms. The van der Waals surface area contributed by atoms with E-state index in [2.05, 4.69) is 29.8 Å². The zero-order valence-corrected chi connectivity index (χ0v) is 16.1. The van der Waals surface area contributed by atoms with Crippen molar-refractivity contribution < 1.29 is 19.5 Å². The molecule has 0 fully saturated rings. The van der Waals surface area contributed by atoms with E-state index in [0.717, 1.165) is 12.0 Å². The summed E-state index contributed by atoms with van der Waals surface area (Å²) in [5.41, 5.74) is 6.65. The minimum atomic E-state index is -0.886. The number of hydrogen-bond donors (Lipinski definition) is 5. The highest BCUT2D eigenvalue weighted by atomic mass is 16.3. The summed E-state index contributed by atoms with van der Waals surface area (Å²) < 4.78 is 0. The van der Waals surface area contributed by atoms with Crippen molar-refractivity contribution in [3.05, 3.63) is 29.8 Å². The second kappa shape index (κ2) is 11.3. The molecule has 3 amide bonds. The van der Waals surface area contributed by atoms with Crippen LogP contribution in [0.25, 0.3) is 0 Å². The Labute approximate surface area is 159 Å². The predicted molar refractivity (Wildman–Crippen MR) is 103 cm³/mol. The topological polar surface area (TPSA) is 134 Å². The minimum Gasteiger partial charge on any atom is -0.508 e. The van der Waals surface area contributed by atoms with Gasteiger partial charge >= 0.3 is 0 Å². The van der Waals surface area contributed by atoms with Crippen molar-refractivity contribution in [1.29, 1.82) is 0 Å². The van der Waals surface area contributed by atoms with E-state index in [1.54, 1.807) is 12.1 Å². The van der Waals surface area contributed by atoms with Crippen molar-refractivity contribution in [2.24, 2.45) is 11.7 Å². The third-order valence-electron chi connectivity index (χ3n) is 3.93. The normalized spacial score (nSPS) is 13.1. The largest absolute Gasteiger partial charge is 0.508 e. The average molecular weight is 378 g/mol. The van der Waals surface area contributed by atoms with Gasteiger partial charge in [0.1, 0.15) is 11.8 Å². The van der Waals surface area contributed by atoms with E-state index >= 15 is 0 Å². The molecule has 0 aromatic heterocycles. The Morgan fingerprint density at radius 2 is 1.70 bits per heavy atom. The number of benzene rings is 1. The zero-order valence-electron chi connectivity index (χ0n) is 16.1. The fourth-order valence-corrected chi connectivity index (χ4v) is 2.25. The van der Waals surface area contributed by atoms with Gasteiger partial charge in [-0.05, 0) is 49.9 Å². The molecule has 0 unspecified atom stereocenters. The molecule has 1 rings (SSSR count). The fraction of sp³-hybridized carbons (Fsp3) is 0.526. The highest BCUT2D eigenvalue weighted by molar-refractivity contribution is 6.00. The molecule has 27 heavy (non-hydrogen) atoms. The van der Waals surface area contributed by atoms with Crippen molar-refractivity contribution in [2.75, 3.05) is 13.1 Å². The lowest BCUT2D eigenvalue weighted by molar-refractivity contribution is -0.133. The lowest BCUT2D eigenvalue weighted by atomic mass is 10.1. The molecular formula is C19H30N4O4. The lowest BCUT2D eigenvalue weighted by Gasteiger charge is -2.17. The van der Waals surface area contributed by atoms with Crippen LogP contribution in [0.15, 0.2) is 24.3 Å². The molecule has 0 saturated heterocycles. The molecule has 0 heterocycles. The summed E-state index contributed by atoms with van der Waals surface area (Å²) in [7, 11) is 0. The Bertz CT molecular complexity index is 631. The number of amides is 3. The van der Waals surface area contributed by atoms with E-state index in [9.17, 15) is 19.5 Å². The van der Waals surface area contributed by atoms with E-state index in [1.165, 1.54) is 19.1 Å². The monoisotopic (exact) mass is 378 g/mol. The second-order valence-corrected chi connectivity index (χ2v) is 6.98. The number of rotatable bonds is 10. The molecule has 1 aromatic carbocycles. The summed E-state index contributed by atoms with van der Waals surface area (Å²) in [5.74, 6) is -0.865. The third kappa shape index (κ3) is 9.16. The van der Waals surface area contributed by atoms with Gasteiger partial charge in [-0.1, -0.05) is 26.0 Å². The van der Waals surface area contributed by atoms with Crippen molar-refractivity contribution in [1.82, 2.24) is 16.0 Å². The van der Waals surface area contributed by atoms with E-state index in [4.69, 9.17) is 5.73 Å². The summed E-state index contributed by atoms with van der Waals surface area (Å²) in [6, 6.07) is 4.63. The van der Waals surface area contributed by atoms with Crippen LogP contribution in [0.1, 0.15) is 32.8 Å². The van der Waals surface area contributed by atoms with Crippen LogP contribution in [-0.2, 0) is 20.8 Å². The van der Waals surface area contributed by atoms with Gasteiger partial charge < -0.3 is 21.5 Å². The molecule has 0 aliphatic heterocycles. The van der Waals surface area contributed by atoms with Crippen molar-refractivity contribution in [3.63, 3.8) is 0 Å². The van der Waals surface area contributed by atoms with Crippen LogP contribution in [-0.4, -0.2) is 48.0 Å². The van der Waals surface area contributed by atoms with Gasteiger partial charge in [0.05, 0.1) is 12.6 Å². The smallest absolute Gasteiger partial charge is 0.248 e.